The lowest BCUT2D eigenvalue weighted by Crippen LogP contribution is -2.37. The molecule has 1 fully saturated rings. The maximum absolute atomic E-state index is 11.0. The number of carbonyl (C=O) groups is 1. The smallest absolute Gasteiger partial charge is 0.338 e. The highest BCUT2D eigenvalue weighted by Gasteiger charge is 2.46. The standard InChI is InChI=1S/C11H20O5S/c1-2-3-4-5-6-17-11(15)9-7(12)8(13)10(14)16-9/h7-9,11-13,15H,2-6H2,1H3/t7-,8-,9-,11?/m0/s1. The van der Waals surface area contributed by atoms with Crippen LogP contribution >= 0.6 is 11.8 Å². The third kappa shape index (κ3) is 4.13. The summed E-state index contributed by atoms with van der Waals surface area (Å²) in [6.45, 7) is 2.12. The molecule has 1 unspecified atom stereocenters. The van der Waals surface area contributed by atoms with E-state index in [1.54, 1.807) is 0 Å². The number of aliphatic hydroxyl groups excluding tert-OH is 3. The van der Waals surface area contributed by atoms with Crippen molar-refractivity contribution in [2.24, 2.45) is 0 Å². The second kappa shape index (κ2) is 7.20. The predicted molar refractivity (Wildman–Crippen MR) is 64.5 cm³/mol. The van der Waals surface area contributed by atoms with Crippen LogP contribution in [0.2, 0.25) is 0 Å². The molecule has 0 aliphatic carbocycles. The predicted octanol–water partition coefficient (Wildman–Crippen LogP) is 0.265. The molecule has 4 atom stereocenters. The zero-order chi connectivity index (χ0) is 12.8. The van der Waals surface area contributed by atoms with E-state index in [2.05, 4.69) is 6.92 Å². The number of ether oxygens (including phenoxy) is 1. The van der Waals surface area contributed by atoms with Crippen LogP contribution in [0.5, 0.6) is 0 Å². The third-order valence-electron chi connectivity index (χ3n) is 2.72. The lowest BCUT2D eigenvalue weighted by molar-refractivity contribution is -0.148. The van der Waals surface area contributed by atoms with E-state index in [0.29, 0.717) is 0 Å². The van der Waals surface area contributed by atoms with E-state index in [-0.39, 0.29) is 0 Å². The van der Waals surface area contributed by atoms with E-state index in [0.717, 1.165) is 31.4 Å². The molecule has 0 aromatic heterocycles. The first-order valence-electron chi connectivity index (χ1n) is 5.94. The van der Waals surface area contributed by atoms with Gasteiger partial charge in [-0.1, -0.05) is 26.2 Å². The summed E-state index contributed by atoms with van der Waals surface area (Å²) in [5.74, 6) is -0.119. The van der Waals surface area contributed by atoms with Gasteiger partial charge in [-0.25, -0.2) is 4.79 Å². The van der Waals surface area contributed by atoms with Gasteiger partial charge in [0, 0.05) is 0 Å². The lowest BCUT2D eigenvalue weighted by Gasteiger charge is -2.19. The highest BCUT2D eigenvalue weighted by Crippen LogP contribution is 2.25. The van der Waals surface area contributed by atoms with Gasteiger partial charge in [0.15, 0.2) is 12.2 Å². The molecule has 1 heterocycles. The average Bonchev–Trinajstić information content (AvgIpc) is 2.56. The fourth-order valence-electron chi connectivity index (χ4n) is 1.65. The van der Waals surface area contributed by atoms with Crippen LogP contribution in [0.4, 0.5) is 0 Å². The van der Waals surface area contributed by atoms with Crippen molar-refractivity contribution in [2.75, 3.05) is 5.75 Å². The number of unbranched alkanes of at least 4 members (excludes halogenated alkanes) is 3. The van der Waals surface area contributed by atoms with Crippen molar-refractivity contribution in [1.82, 2.24) is 0 Å². The number of rotatable bonds is 7. The Labute approximate surface area is 105 Å². The SMILES string of the molecule is CCCCCCSC(O)[C@H]1OC(=O)[C@@H](O)[C@@H]1O. The van der Waals surface area contributed by atoms with Gasteiger partial charge in [-0.15, -0.1) is 11.8 Å². The molecular formula is C11H20O5S. The molecule has 1 saturated heterocycles. The van der Waals surface area contributed by atoms with E-state index < -0.39 is 29.7 Å². The Bertz CT molecular complexity index is 248. The van der Waals surface area contributed by atoms with Gasteiger partial charge in [0.2, 0.25) is 0 Å². The van der Waals surface area contributed by atoms with Crippen molar-refractivity contribution < 1.29 is 24.9 Å². The van der Waals surface area contributed by atoms with Crippen molar-refractivity contribution >= 4 is 17.7 Å². The molecule has 0 spiro atoms. The fraction of sp³-hybridized carbons (Fsp3) is 0.909. The molecule has 1 aliphatic heterocycles. The largest absolute Gasteiger partial charge is 0.454 e. The van der Waals surface area contributed by atoms with E-state index in [1.807, 2.05) is 0 Å². The summed E-state index contributed by atoms with van der Waals surface area (Å²) in [5, 5.41) is 28.4. The lowest BCUT2D eigenvalue weighted by atomic mass is 10.1. The number of aliphatic hydroxyl groups is 3. The molecular weight excluding hydrogens is 244 g/mol. The Balaban J connectivity index is 2.24. The van der Waals surface area contributed by atoms with Crippen LogP contribution < -0.4 is 0 Å². The minimum atomic E-state index is -1.53. The van der Waals surface area contributed by atoms with Gasteiger partial charge in [0.05, 0.1) is 0 Å². The quantitative estimate of drug-likeness (QED) is 0.347. The van der Waals surface area contributed by atoms with Gasteiger partial charge in [0.25, 0.3) is 0 Å². The highest BCUT2D eigenvalue weighted by molar-refractivity contribution is 7.99. The Hall–Kier alpha value is -0.300. The van der Waals surface area contributed by atoms with Gasteiger partial charge in [-0.05, 0) is 12.2 Å². The van der Waals surface area contributed by atoms with Gasteiger partial charge in [-0.2, -0.15) is 0 Å². The van der Waals surface area contributed by atoms with E-state index in [1.165, 1.54) is 11.8 Å². The Morgan fingerprint density at radius 2 is 2.06 bits per heavy atom. The van der Waals surface area contributed by atoms with Crippen molar-refractivity contribution in [3.63, 3.8) is 0 Å². The van der Waals surface area contributed by atoms with Crippen molar-refractivity contribution in [2.45, 2.75) is 56.4 Å². The topological polar surface area (TPSA) is 87.0 Å². The Morgan fingerprint density at radius 1 is 1.35 bits per heavy atom. The molecule has 1 aliphatic rings. The maximum Gasteiger partial charge on any atom is 0.338 e. The number of hydrogen-bond donors (Lipinski definition) is 3. The number of esters is 1. The number of cyclic esters (lactones) is 1. The van der Waals surface area contributed by atoms with Crippen molar-refractivity contribution in [3.05, 3.63) is 0 Å². The first kappa shape index (κ1) is 14.8. The van der Waals surface area contributed by atoms with Crippen LogP contribution in [0.15, 0.2) is 0 Å². The normalized spacial score (nSPS) is 30.4. The molecule has 17 heavy (non-hydrogen) atoms. The van der Waals surface area contributed by atoms with Crippen molar-refractivity contribution in [3.8, 4) is 0 Å². The highest BCUT2D eigenvalue weighted by atomic mass is 32.2. The van der Waals surface area contributed by atoms with E-state index in [4.69, 9.17) is 4.74 Å². The molecule has 0 saturated carbocycles. The summed E-state index contributed by atoms with van der Waals surface area (Å²) in [4.78, 5) is 11.0. The van der Waals surface area contributed by atoms with Crippen LogP contribution in [0, 0.1) is 0 Å². The molecule has 100 valence electrons. The third-order valence-corrected chi connectivity index (χ3v) is 3.86. The van der Waals surface area contributed by atoms with Gasteiger partial charge >= 0.3 is 5.97 Å². The number of carbonyl (C=O) groups excluding carboxylic acids is 1. The van der Waals surface area contributed by atoms with Gasteiger partial charge in [0.1, 0.15) is 11.5 Å². The van der Waals surface area contributed by atoms with Crippen LogP contribution in [0.25, 0.3) is 0 Å². The summed E-state index contributed by atoms with van der Waals surface area (Å²) in [5.41, 5.74) is -0.979. The van der Waals surface area contributed by atoms with Crippen LogP contribution in [-0.4, -0.2) is 50.8 Å². The average molecular weight is 264 g/mol. The van der Waals surface area contributed by atoms with E-state index in [9.17, 15) is 20.1 Å². The summed E-state index contributed by atoms with van der Waals surface area (Å²) in [6.07, 6.45) is 0.514. The van der Waals surface area contributed by atoms with Crippen LogP contribution in [0.1, 0.15) is 32.6 Å². The molecule has 5 nitrogen and oxygen atoms in total. The Morgan fingerprint density at radius 3 is 2.59 bits per heavy atom. The Kier molecular flexibility index (Phi) is 6.26. The van der Waals surface area contributed by atoms with E-state index >= 15 is 0 Å². The molecule has 0 bridgehead atoms. The molecule has 0 amide bonds. The fourth-order valence-corrected chi connectivity index (χ4v) is 2.67. The second-order valence-corrected chi connectivity index (χ2v) is 5.38. The van der Waals surface area contributed by atoms with Gasteiger partial charge < -0.3 is 20.1 Å². The summed E-state index contributed by atoms with van der Waals surface area (Å²) in [7, 11) is 0. The molecule has 1 rings (SSSR count). The molecule has 6 heteroatoms. The van der Waals surface area contributed by atoms with Crippen LogP contribution in [0.3, 0.4) is 0 Å². The van der Waals surface area contributed by atoms with Crippen LogP contribution in [-0.2, 0) is 9.53 Å². The number of thioether (sulfide) groups is 1. The number of hydrogen-bond acceptors (Lipinski definition) is 6. The second-order valence-electron chi connectivity index (χ2n) is 4.16. The zero-order valence-corrected chi connectivity index (χ0v) is 10.7. The molecule has 0 aromatic carbocycles. The van der Waals surface area contributed by atoms with Gasteiger partial charge in [-0.3, -0.25) is 0 Å². The first-order chi connectivity index (χ1) is 8.07. The zero-order valence-electron chi connectivity index (χ0n) is 9.91. The van der Waals surface area contributed by atoms with Crippen molar-refractivity contribution in [1.29, 1.82) is 0 Å². The minimum absolute atomic E-state index is 0.748. The summed E-state index contributed by atoms with van der Waals surface area (Å²) >= 11 is 1.24. The summed E-state index contributed by atoms with van der Waals surface area (Å²) < 4.78 is 4.72. The molecule has 0 aromatic rings. The maximum atomic E-state index is 11.0. The molecule has 0 radical (unpaired) electrons. The minimum Gasteiger partial charge on any atom is -0.454 e. The monoisotopic (exact) mass is 264 g/mol. The molecule has 3 N–H and O–H groups in total. The first-order valence-corrected chi connectivity index (χ1v) is 6.99. The summed E-state index contributed by atoms with van der Waals surface area (Å²) in [6, 6.07) is 0.